The maximum Gasteiger partial charge on any atom is 0.325 e. The highest BCUT2D eigenvalue weighted by atomic mass is 32.2. The lowest BCUT2D eigenvalue weighted by molar-refractivity contribution is 0.343. The number of hydrogen-bond acceptors (Lipinski definition) is 4. The summed E-state index contributed by atoms with van der Waals surface area (Å²) in [4.78, 5) is 0. The van der Waals surface area contributed by atoms with Gasteiger partial charge in [0.05, 0.1) is 12.0 Å². The molecule has 0 amide bonds. The van der Waals surface area contributed by atoms with Crippen LogP contribution in [-0.4, -0.2) is 20.4 Å². The van der Waals surface area contributed by atoms with Gasteiger partial charge in [0, 0.05) is 0 Å². The molecule has 0 N–H and O–H groups in total. The van der Waals surface area contributed by atoms with Crippen molar-refractivity contribution in [3.8, 4) is 0 Å². The molecule has 0 aliphatic rings. The zero-order valence-corrected chi connectivity index (χ0v) is 9.94. The predicted molar refractivity (Wildman–Crippen MR) is 64.5 cm³/mol. The lowest BCUT2D eigenvalue weighted by Gasteiger charge is -1.94. The molecule has 0 atom stereocenters. The molecule has 5 heteroatoms. The van der Waals surface area contributed by atoms with E-state index in [0.717, 1.165) is 11.8 Å². The van der Waals surface area contributed by atoms with Crippen LogP contribution in [0.3, 0.4) is 0 Å². The van der Waals surface area contributed by atoms with Gasteiger partial charge in [-0.25, -0.2) is 0 Å². The van der Waals surface area contributed by atoms with Gasteiger partial charge in [0.1, 0.15) is 0 Å². The highest BCUT2D eigenvalue weighted by molar-refractivity contribution is 7.85. The molecule has 0 saturated carbocycles. The highest BCUT2D eigenvalue weighted by Crippen LogP contribution is 2.01. The van der Waals surface area contributed by atoms with Crippen molar-refractivity contribution in [3.63, 3.8) is 0 Å². The van der Waals surface area contributed by atoms with E-state index in [0.29, 0.717) is 5.71 Å². The lowest BCUT2D eigenvalue weighted by Crippen LogP contribution is -1.98. The van der Waals surface area contributed by atoms with E-state index < -0.39 is 10.1 Å². The first-order chi connectivity index (χ1) is 7.47. The van der Waals surface area contributed by atoms with Gasteiger partial charge >= 0.3 is 10.1 Å². The average molecular weight is 239 g/mol. The third kappa shape index (κ3) is 5.31. The summed E-state index contributed by atoms with van der Waals surface area (Å²) < 4.78 is 25.6. The summed E-state index contributed by atoms with van der Waals surface area (Å²) >= 11 is 0. The standard InChI is InChI=1S/C11H13NO3S/c1-10(12-15-16(2,13)14)8-9-11-6-4-3-5-7-11/h3-9H,1-2H3. The highest BCUT2D eigenvalue weighted by Gasteiger charge is 1.98. The van der Waals surface area contributed by atoms with Crippen molar-refractivity contribution in [2.45, 2.75) is 6.92 Å². The van der Waals surface area contributed by atoms with Crippen LogP contribution in [0.2, 0.25) is 0 Å². The second-order valence-electron chi connectivity index (χ2n) is 3.26. The van der Waals surface area contributed by atoms with Gasteiger partial charge in [0.2, 0.25) is 0 Å². The molecule has 0 spiro atoms. The fourth-order valence-corrected chi connectivity index (χ4v) is 1.19. The van der Waals surface area contributed by atoms with Crippen molar-refractivity contribution in [3.05, 3.63) is 42.0 Å². The van der Waals surface area contributed by atoms with Crippen molar-refractivity contribution in [2.24, 2.45) is 5.16 Å². The number of allylic oxidation sites excluding steroid dienone is 1. The normalized spacial score (nSPS) is 13.0. The minimum Gasteiger partial charge on any atom is -0.268 e. The number of nitrogens with zero attached hydrogens (tertiary/aromatic N) is 1. The SMILES string of the molecule is CC(C=Cc1ccccc1)=NOS(C)(=O)=O. The number of hydrogen-bond donors (Lipinski definition) is 0. The fraction of sp³-hybridized carbons (Fsp3) is 0.182. The maximum absolute atomic E-state index is 10.7. The molecule has 0 bridgehead atoms. The molecule has 0 radical (unpaired) electrons. The summed E-state index contributed by atoms with van der Waals surface area (Å²) in [5.41, 5.74) is 1.49. The first-order valence-electron chi connectivity index (χ1n) is 4.64. The summed E-state index contributed by atoms with van der Waals surface area (Å²) in [7, 11) is -3.52. The predicted octanol–water partition coefficient (Wildman–Crippen LogP) is 2.05. The summed E-state index contributed by atoms with van der Waals surface area (Å²) in [6, 6.07) is 9.62. The molecule has 0 saturated heterocycles. The Hall–Kier alpha value is -1.62. The Morgan fingerprint density at radius 3 is 2.50 bits per heavy atom. The van der Waals surface area contributed by atoms with Crippen LogP contribution in [0, 0.1) is 0 Å². The van der Waals surface area contributed by atoms with Crippen molar-refractivity contribution in [1.29, 1.82) is 0 Å². The molecule has 4 nitrogen and oxygen atoms in total. The Labute approximate surface area is 95.4 Å². The van der Waals surface area contributed by atoms with Gasteiger partial charge in [-0.05, 0) is 18.6 Å². The molecule has 0 unspecified atom stereocenters. The van der Waals surface area contributed by atoms with Crippen molar-refractivity contribution in [1.82, 2.24) is 0 Å². The first kappa shape index (κ1) is 12.4. The molecular formula is C11H13NO3S. The van der Waals surface area contributed by atoms with Gasteiger partial charge in [-0.1, -0.05) is 41.6 Å². The van der Waals surface area contributed by atoms with Crippen molar-refractivity contribution >= 4 is 21.9 Å². The van der Waals surface area contributed by atoms with E-state index in [1.54, 1.807) is 13.0 Å². The van der Waals surface area contributed by atoms with Crippen LogP contribution in [0.1, 0.15) is 12.5 Å². The third-order valence-electron chi connectivity index (χ3n) is 1.63. The molecule has 16 heavy (non-hydrogen) atoms. The van der Waals surface area contributed by atoms with Crippen molar-refractivity contribution < 1.29 is 12.7 Å². The van der Waals surface area contributed by atoms with E-state index in [9.17, 15) is 8.42 Å². The minimum absolute atomic E-state index is 0.481. The molecule has 1 aromatic carbocycles. The van der Waals surface area contributed by atoms with Gasteiger partial charge in [0.25, 0.3) is 0 Å². The number of oxime groups is 1. The van der Waals surface area contributed by atoms with Crippen LogP contribution in [0.15, 0.2) is 41.6 Å². The zero-order valence-electron chi connectivity index (χ0n) is 9.12. The fourth-order valence-electron chi connectivity index (χ4n) is 0.938. The first-order valence-corrected chi connectivity index (χ1v) is 6.45. The Bertz CT molecular complexity index is 489. The summed E-state index contributed by atoms with van der Waals surface area (Å²) in [5.74, 6) is 0. The van der Waals surface area contributed by atoms with E-state index >= 15 is 0 Å². The topological polar surface area (TPSA) is 55.7 Å². The van der Waals surface area contributed by atoms with Crippen molar-refractivity contribution in [2.75, 3.05) is 6.26 Å². The molecule has 0 heterocycles. The monoisotopic (exact) mass is 239 g/mol. The van der Waals surface area contributed by atoms with E-state index in [-0.39, 0.29) is 0 Å². The summed E-state index contributed by atoms with van der Waals surface area (Å²) in [6.07, 6.45) is 4.45. The molecule has 0 aromatic heterocycles. The van der Waals surface area contributed by atoms with E-state index in [2.05, 4.69) is 9.44 Å². The molecule has 1 aromatic rings. The molecule has 0 aliphatic carbocycles. The van der Waals surface area contributed by atoms with E-state index in [1.165, 1.54) is 0 Å². The van der Waals surface area contributed by atoms with Crippen LogP contribution in [-0.2, 0) is 14.4 Å². The molecular weight excluding hydrogens is 226 g/mol. The summed E-state index contributed by atoms with van der Waals surface area (Å²) in [6.45, 7) is 1.66. The Morgan fingerprint density at radius 2 is 1.94 bits per heavy atom. The average Bonchev–Trinajstić information content (AvgIpc) is 2.24. The van der Waals surface area contributed by atoms with Gasteiger partial charge < -0.3 is 0 Å². The van der Waals surface area contributed by atoms with Crippen LogP contribution < -0.4 is 0 Å². The second kappa shape index (κ2) is 5.46. The minimum atomic E-state index is -3.52. The van der Waals surface area contributed by atoms with Crippen LogP contribution in [0.5, 0.6) is 0 Å². The van der Waals surface area contributed by atoms with E-state index in [4.69, 9.17) is 0 Å². The second-order valence-corrected chi connectivity index (χ2v) is 4.81. The smallest absolute Gasteiger partial charge is 0.268 e. The van der Waals surface area contributed by atoms with Gasteiger partial charge in [-0.2, -0.15) is 8.42 Å². The number of rotatable bonds is 4. The molecule has 1 rings (SSSR count). The zero-order chi connectivity index (χ0) is 12.0. The largest absolute Gasteiger partial charge is 0.325 e. The Balaban J connectivity index is 2.65. The number of benzene rings is 1. The third-order valence-corrected chi connectivity index (χ3v) is 1.98. The quantitative estimate of drug-likeness (QED) is 0.597. The van der Waals surface area contributed by atoms with Crippen LogP contribution in [0.4, 0.5) is 0 Å². The van der Waals surface area contributed by atoms with E-state index in [1.807, 2.05) is 36.4 Å². The van der Waals surface area contributed by atoms with Crippen LogP contribution in [0.25, 0.3) is 6.08 Å². The van der Waals surface area contributed by atoms with Crippen LogP contribution >= 0.6 is 0 Å². The Morgan fingerprint density at radius 1 is 1.31 bits per heavy atom. The lowest BCUT2D eigenvalue weighted by atomic mass is 10.2. The van der Waals surface area contributed by atoms with Gasteiger partial charge in [-0.15, -0.1) is 0 Å². The van der Waals surface area contributed by atoms with Gasteiger partial charge in [0.15, 0.2) is 0 Å². The molecule has 86 valence electrons. The van der Waals surface area contributed by atoms with Gasteiger partial charge in [-0.3, -0.25) is 4.28 Å². The molecule has 0 fully saturated rings. The summed E-state index contributed by atoms with van der Waals surface area (Å²) in [5, 5.41) is 3.45. The maximum atomic E-state index is 10.7. The molecule has 0 aliphatic heterocycles. The Kier molecular flexibility index (Phi) is 4.25.